The zero-order chi connectivity index (χ0) is 8.81. The van der Waals surface area contributed by atoms with E-state index in [-0.39, 0.29) is 5.91 Å². The fourth-order valence-corrected chi connectivity index (χ4v) is 1.30. The van der Waals surface area contributed by atoms with Crippen molar-refractivity contribution >= 4 is 5.91 Å². The normalized spacial score (nSPS) is 16.9. The van der Waals surface area contributed by atoms with Gasteiger partial charge in [0.2, 0.25) is 5.91 Å². The average Bonchev–Trinajstić information content (AvgIpc) is 2.06. The van der Waals surface area contributed by atoms with Crippen LogP contribution in [0.25, 0.3) is 0 Å². The minimum absolute atomic E-state index is 0.144. The second kappa shape index (κ2) is 4.93. The lowest BCUT2D eigenvalue weighted by atomic mass is 10.1. The summed E-state index contributed by atoms with van der Waals surface area (Å²) in [5.74, 6) is 0.144. The number of hydrogen-bond donors (Lipinski definition) is 2. The molecule has 0 aromatic rings. The Morgan fingerprint density at radius 2 is 2.58 bits per heavy atom. The van der Waals surface area contributed by atoms with Crippen LogP contribution >= 0.6 is 0 Å². The number of amides is 1. The molecular weight excluding hydrogens is 152 g/mol. The first-order valence-corrected chi connectivity index (χ1v) is 4.48. The molecule has 0 fully saturated rings. The quantitative estimate of drug-likeness (QED) is 0.600. The minimum Gasteiger partial charge on any atom is -0.356 e. The summed E-state index contributed by atoms with van der Waals surface area (Å²) < 4.78 is 0. The van der Waals surface area contributed by atoms with Gasteiger partial charge in [-0.2, -0.15) is 0 Å². The largest absolute Gasteiger partial charge is 0.356 e. The second-order valence-electron chi connectivity index (χ2n) is 2.95. The van der Waals surface area contributed by atoms with Crippen molar-refractivity contribution in [1.82, 2.24) is 10.6 Å². The molecule has 0 saturated carbocycles. The Kier molecular flexibility index (Phi) is 3.80. The molecular formula is C9H16N2O. The zero-order valence-corrected chi connectivity index (χ0v) is 7.52. The molecule has 1 aliphatic heterocycles. The van der Waals surface area contributed by atoms with E-state index in [1.54, 1.807) is 0 Å². The molecule has 0 unspecified atom stereocenters. The van der Waals surface area contributed by atoms with E-state index < -0.39 is 0 Å². The molecule has 0 atom stereocenters. The van der Waals surface area contributed by atoms with E-state index in [0.29, 0.717) is 6.42 Å². The van der Waals surface area contributed by atoms with Gasteiger partial charge >= 0.3 is 0 Å². The number of rotatable bonds is 3. The van der Waals surface area contributed by atoms with Gasteiger partial charge in [0, 0.05) is 19.5 Å². The Bertz CT molecular complexity index is 187. The van der Waals surface area contributed by atoms with Crippen molar-refractivity contribution in [2.75, 3.05) is 19.6 Å². The van der Waals surface area contributed by atoms with Crippen LogP contribution in [0.3, 0.4) is 0 Å². The van der Waals surface area contributed by atoms with Gasteiger partial charge in [-0.05, 0) is 19.9 Å². The molecule has 3 nitrogen and oxygen atoms in total. The van der Waals surface area contributed by atoms with Gasteiger partial charge in [-0.15, -0.1) is 0 Å². The highest BCUT2D eigenvalue weighted by atomic mass is 16.1. The Balaban J connectivity index is 2.29. The molecule has 0 aliphatic carbocycles. The molecule has 2 N–H and O–H groups in total. The van der Waals surface area contributed by atoms with E-state index in [9.17, 15) is 4.79 Å². The summed E-state index contributed by atoms with van der Waals surface area (Å²) in [6.45, 7) is 4.58. The first kappa shape index (κ1) is 9.26. The minimum atomic E-state index is 0.144. The summed E-state index contributed by atoms with van der Waals surface area (Å²) in [6.07, 6.45) is 3.70. The van der Waals surface area contributed by atoms with Gasteiger partial charge in [-0.1, -0.05) is 11.6 Å². The van der Waals surface area contributed by atoms with E-state index in [2.05, 4.69) is 16.7 Å². The maximum Gasteiger partial charge on any atom is 0.224 e. The first-order valence-electron chi connectivity index (χ1n) is 4.48. The van der Waals surface area contributed by atoms with Crippen molar-refractivity contribution in [3.05, 3.63) is 11.6 Å². The first-order chi connectivity index (χ1) is 5.83. The van der Waals surface area contributed by atoms with E-state index >= 15 is 0 Å². The van der Waals surface area contributed by atoms with E-state index in [4.69, 9.17) is 0 Å². The Hall–Kier alpha value is -0.830. The molecule has 68 valence electrons. The Morgan fingerprint density at radius 1 is 1.75 bits per heavy atom. The second-order valence-corrected chi connectivity index (χ2v) is 2.95. The van der Waals surface area contributed by atoms with Crippen LogP contribution in [0.1, 0.15) is 19.8 Å². The third-order valence-corrected chi connectivity index (χ3v) is 1.92. The van der Waals surface area contributed by atoms with Crippen LogP contribution < -0.4 is 10.6 Å². The molecule has 1 amide bonds. The molecule has 0 bridgehead atoms. The number of nitrogens with one attached hydrogen (secondary N) is 2. The lowest BCUT2D eigenvalue weighted by Crippen LogP contribution is -2.26. The fraction of sp³-hybridized carbons (Fsp3) is 0.667. The molecule has 0 radical (unpaired) electrons. The summed E-state index contributed by atoms with van der Waals surface area (Å²) in [6, 6.07) is 0. The molecule has 0 saturated heterocycles. The lowest BCUT2D eigenvalue weighted by Gasteiger charge is -2.13. The van der Waals surface area contributed by atoms with Crippen LogP contribution in [0.4, 0.5) is 0 Å². The van der Waals surface area contributed by atoms with Crippen molar-refractivity contribution in [3.8, 4) is 0 Å². The summed E-state index contributed by atoms with van der Waals surface area (Å²) in [7, 11) is 0. The van der Waals surface area contributed by atoms with Gasteiger partial charge in [0.05, 0.1) is 0 Å². The average molecular weight is 168 g/mol. The molecule has 1 rings (SSSR count). The van der Waals surface area contributed by atoms with Crippen LogP contribution in [0, 0.1) is 0 Å². The van der Waals surface area contributed by atoms with Crippen molar-refractivity contribution in [2.24, 2.45) is 0 Å². The molecule has 0 aromatic heterocycles. The van der Waals surface area contributed by atoms with Gasteiger partial charge in [0.25, 0.3) is 0 Å². The summed E-state index contributed by atoms with van der Waals surface area (Å²) in [5, 5.41) is 6.00. The van der Waals surface area contributed by atoms with Crippen molar-refractivity contribution in [2.45, 2.75) is 19.8 Å². The summed E-state index contributed by atoms with van der Waals surface area (Å²) in [5.41, 5.74) is 1.26. The number of carbonyl (C=O) groups excluding carboxylic acids is 1. The van der Waals surface area contributed by atoms with E-state index in [1.807, 2.05) is 6.92 Å². The topological polar surface area (TPSA) is 41.1 Å². The number of hydrogen-bond acceptors (Lipinski definition) is 2. The fourth-order valence-electron chi connectivity index (χ4n) is 1.30. The Morgan fingerprint density at radius 3 is 3.17 bits per heavy atom. The lowest BCUT2D eigenvalue weighted by molar-refractivity contribution is -0.120. The van der Waals surface area contributed by atoms with Crippen LogP contribution in [-0.4, -0.2) is 25.5 Å². The van der Waals surface area contributed by atoms with Gasteiger partial charge in [0.1, 0.15) is 0 Å². The van der Waals surface area contributed by atoms with Crippen LogP contribution in [0.5, 0.6) is 0 Å². The predicted molar refractivity (Wildman–Crippen MR) is 48.9 cm³/mol. The summed E-state index contributed by atoms with van der Waals surface area (Å²) in [4.78, 5) is 11.1. The molecule has 1 heterocycles. The maximum atomic E-state index is 11.1. The highest BCUT2D eigenvalue weighted by molar-refractivity contribution is 5.78. The Labute approximate surface area is 73.2 Å². The van der Waals surface area contributed by atoms with Gasteiger partial charge in [-0.25, -0.2) is 0 Å². The van der Waals surface area contributed by atoms with Crippen LogP contribution in [-0.2, 0) is 4.79 Å². The van der Waals surface area contributed by atoms with Gasteiger partial charge in [-0.3, -0.25) is 4.79 Å². The maximum absolute atomic E-state index is 11.1. The van der Waals surface area contributed by atoms with Crippen LogP contribution in [0.15, 0.2) is 11.6 Å². The molecule has 12 heavy (non-hydrogen) atoms. The van der Waals surface area contributed by atoms with E-state index in [1.165, 1.54) is 5.57 Å². The highest BCUT2D eigenvalue weighted by Crippen LogP contribution is 2.08. The molecule has 3 heteroatoms. The van der Waals surface area contributed by atoms with Gasteiger partial charge in [0.15, 0.2) is 0 Å². The van der Waals surface area contributed by atoms with Gasteiger partial charge < -0.3 is 10.6 Å². The van der Waals surface area contributed by atoms with Crippen molar-refractivity contribution in [3.63, 3.8) is 0 Å². The summed E-state index contributed by atoms with van der Waals surface area (Å²) >= 11 is 0. The smallest absolute Gasteiger partial charge is 0.224 e. The standard InChI is InChI=1S/C9H16N2O/c1-2-11-9(12)7-8-3-5-10-6-4-8/h3,10H,2,4-7H2,1H3,(H,11,12). The molecule has 0 spiro atoms. The zero-order valence-electron chi connectivity index (χ0n) is 7.52. The number of carbonyl (C=O) groups is 1. The van der Waals surface area contributed by atoms with Crippen molar-refractivity contribution < 1.29 is 4.79 Å². The predicted octanol–water partition coefficient (Wildman–Crippen LogP) is 0.432. The highest BCUT2D eigenvalue weighted by Gasteiger charge is 2.06. The third-order valence-electron chi connectivity index (χ3n) is 1.92. The SMILES string of the molecule is CCNC(=O)CC1=CCNCC1. The monoisotopic (exact) mass is 168 g/mol. The molecule has 1 aliphatic rings. The third kappa shape index (κ3) is 3.05. The molecule has 0 aromatic carbocycles. The van der Waals surface area contributed by atoms with Crippen molar-refractivity contribution in [1.29, 1.82) is 0 Å². The van der Waals surface area contributed by atoms with E-state index in [0.717, 1.165) is 26.1 Å². The van der Waals surface area contributed by atoms with Crippen LogP contribution in [0.2, 0.25) is 0 Å².